The van der Waals surface area contributed by atoms with Crippen molar-refractivity contribution in [3.63, 3.8) is 0 Å². The van der Waals surface area contributed by atoms with Crippen LogP contribution in [0.5, 0.6) is 0 Å². The van der Waals surface area contributed by atoms with Crippen LogP contribution in [0, 0.1) is 11.3 Å². The van der Waals surface area contributed by atoms with E-state index < -0.39 is 0 Å². The summed E-state index contributed by atoms with van der Waals surface area (Å²) in [5.74, 6) is -0.0263. The Hall–Kier alpha value is -2.80. The van der Waals surface area contributed by atoms with Crippen molar-refractivity contribution in [1.82, 2.24) is 0 Å². The first-order chi connectivity index (χ1) is 11.2. The molecule has 1 N–H and O–H groups in total. The van der Waals surface area contributed by atoms with Gasteiger partial charge in [-0.05, 0) is 42.7 Å². The molecule has 4 heteroatoms. The highest BCUT2D eigenvalue weighted by atomic mass is 16.2. The number of carbonyl (C=O) groups excluding carboxylic acids is 1. The zero-order chi connectivity index (χ0) is 16.2. The predicted octanol–water partition coefficient (Wildman–Crippen LogP) is 3.14. The average molecular weight is 305 g/mol. The number of fused-ring (bicyclic) bond motifs is 1. The number of para-hydroxylation sites is 1. The van der Waals surface area contributed by atoms with E-state index in [0.717, 1.165) is 23.4 Å². The second-order valence-corrected chi connectivity index (χ2v) is 5.89. The van der Waals surface area contributed by atoms with Gasteiger partial charge in [0.1, 0.15) is 0 Å². The van der Waals surface area contributed by atoms with E-state index in [9.17, 15) is 4.79 Å². The monoisotopic (exact) mass is 305 g/mol. The van der Waals surface area contributed by atoms with Crippen LogP contribution in [0.3, 0.4) is 0 Å². The standard InChI is InChI=1S/C19H19N3O/c1-14-12-16-4-2-3-5-18(16)22(14)13-19(23)21-17-8-6-15(7-9-17)10-11-20/h2-9,14H,10,12-13H2,1H3,(H,21,23)/t14-/m1/s1. The Bertz CT molecular complexity index is 746. The summed E-state index contributed by atoms with van der Waals surface area (Å²) < 4.78 is 0. The van der Waals surface area contributed by atoms with E-state index in [2.05, 4.69) is 35.3 Å². The highest BCUT2D eigenvalue weighted by Gasteiger charge is 2.26. The molecule has 23 heavy (non-hydrogen) atoms. The molecule has 1 amide bonds. The molecule has 2 aromatic rings. The van der Waals surface area contributed by atoms with Gasteiger partial charge in [-0.15, -0.1) is 0 Å². The van der Waals surface area contributed by atoms with Crippen LogP contribution in [0.15, 0.2) is 48.5 Å². The summed E-state index contributed by atoms with van der Waals surface area (Å²) in [4.78, 5) is 14.5. The number of benzene rings is 2. The second-order valence-electron chi connectivity index (χ2n) is 5.89. The zero-order valence-corrected chi connectivity index (χ0v) is 13.1. The Kier molecular flexibility index (Phi) is 4.29. The first kappa shape index (κ1) is 15.1. The largest absolute Gasteiger partial charge is 0.359 e. The third-order valence-electron chi connectivity index (χ3n) is 4.18. The van der Waals surface area contributed by atoms with Gasteiger partial charge in [0.05, 0.1) is 19.0 Å². The summed E-state index contributed by atoms with van der Waals surface area (Å²) in [6.07, 6.45) is 1.36. The summed E-state index contributed by atoms with van der Waals surface area (Å²) in [6, 6.07) is 18.1. The Labute approximate surface area is 136 Å². The Morgan fingerprint density at radius 3 is 2.74 bits per heavy atom. The number of carbonyl (C=O) groups is 1. The predicted molar refractivity (Wildman–Crippen MR) is 91.3 cm³/mol. The molecule has 0 unspecified atom stereocenters. The molecule has 1 atom stereocenters. The minimum atomic E-state index is -0.0263. The summed E-state index contributed by atoms with van der Waals surface area (Å²) in [5, 5.41) is 11.6. The quantitative estimate of drug-likeness (QED) is 0.944. The van der Waals surface area contributed by atoms with Gasteiger partial charge in [-0.1, -0.05) is 30.3 Å². The first-order valence-corrected chi connectivity index (χ1v) is 7.77. The fourth-order valence-corrected chi connectivity index (χ4v) is 3.02. The van der Waals surface area contributed by atoms with Crippen LogP contribution in [0.1, 0.15) is 18.1 Å². The van der Waals surface area contributed by atoms with Gasteiger partial charge in [-0.25, -0.2) is 0 Å². The number of nitriles is 1. The lowest BCUT2D eigenvalue weighted by Crippen LogP contribution is -2.37. The highest BCUT2D eigenvalue weighted by Crippen LogP contribution is 2.31. The Morgan fingerprint density at radius 1 is 1.26 bits per heavy atom. The van der Waals surface area contributed by atoms with Crippen LogP contribution >= 0.6 is 0 Å². The fourth-order valence-electron chi connectivity index (χ4n) is 3.02. The van der Waals surface area contributed by atoms with Gasteiger partial charge in [-0.3, -0.25) is 4.79 Å². The molecule has 2 aromatic carbocycles. The number of rotatable bonds is 4. The van der Waals surface area contributed by atoms with Crippen LogP contribution in [-0.2, 0) is 17.6 Å². The molecule has 0 spiro atoms. The van der Waals surface area contributed by atoms with Crippen molar-refractivity contribution in [3.8, 4) is 6.07 Å². The van der Waals surface area contributed by atoms with E-state index in [-0.39, 0.29) is 5.91 Å². The summed E-state index contributed by atoms with van der Waals surface area (Å²) >= 11 is 0. The Balaban J connectivity index is 1.65. The SMILES string of the molecule is C[C@@H]1Cc2ccccc2N1CC(=O)Nc1ccc(CC#N)cc1. The number of anilines is 2. The molecule has 3 rings (SSSR count). The van der Waals surface area contributed by atoms with E-state index >= 15 is 0 Å². The van der Waals surface area contributed by atoms with Crippen molar-refractivity contribution >= 4 is 17.3 Å². The molecule has 0 aliphatic carbocycles. The molecular weight excluding hydrogens is 286 g/mol. The molecule has 1 aliphatic rings. The van der Waals surface area contributed by atoms with Gasteiger partial charge < -0.3 is 10.2 Å². The molecule has 1 aliphatic heterocycles. The average Bonchev–Trinajstić information content (AvgIpc) is 2.85. The number of nitrogens with zero attached hydrogens (tertiary/aromatic N) is 2. The minimum absolute atomic E-state index is 0.0263. The second kappa shape index (κ2) is 6.53. The molecule has 0 saturated carbocycles. The van der Waals surface area contributed by atoms with Crippen LogP contribution < -0.4 is 10.2 Å². The summed E-state index contributed by atoms with van der Waals surface area (Å²) in [7, 11) is 0. The van der Waals surface area contributed by atoms with E-state index in [1.54, 1.807) is 0 Å². The van der Waals surface area contributed by atoms with E-state index in [1.165, 1.54) is 5.56 Å². The van der Waals surface area contributed by atoms with Crippen LogP contribution in [-0.4, -0.2) is 18.5 Å². The minimum Gasteiger partial charge on any atom is -0.359 e. The van der Waals surface area contributed by atoms with Crippen molar-refractivity contribution in [2.75, 3.05) is 16.8 Å². The maximum absolute atomic E-state index is 12.3. The molecule has 0 aromatic heterocycles. The van der Waals surface area contributed by atoms with Gasteiger partial charge in [0, 0.05) is 17.4 Å². The molecule has 4 nitrogen and oxygen atoms in total. The van der Waals surface area contributed by atoms with Gasteiger partial charge in [0.15, 0.2) is 0 Å². The third kappa shape index (κ3) is 3.35. The molecule has 0 fully saturated rings. The number of nitrogens with one attached hydrogen (secondary N) is 1. The topological polar surface area (TPSA) is 56.1 Å². The van der Waals surface area contributed by atoms with Gasteiger partial charge >= 0.3 is 0 Å². The number of amides is 1. The zero-order valence-electron chi connectivity index (χ0n) is 13.1. The summed E-state index contributed by atoms with van der Waals surface area (Å²) in [5.41, 5.74) is 4.16. The van der Waals surface area contributed by atoms with Crippen molar-refractivity contribution < 1.29 is 4.79 Å². The molecular formula is C19H19N3O. The normalized spacial score (nSPS) is 15.8. The number of hydrogen-bond donors (Lipinski definition) is 1. The molecule has 1 heterocycles. The maximum Gasteiger partial charge on any atom is 0.243 e. The molecule has 0 radical (unpaired) electrons. The summed E-state index contributed by atoms with van der Waals surface area (Å²) in [6.45, 7) is 2.49. The van der Waals surface area contributed by atoms with Crippen molar-refractivity contribution in [2.24, 2.45) is 0 Å². The van der Waals surface area contributed by atoms with Gasteiger partial charge in [0.2, 0.25) is 5.91 Å². The highest BCUT2D eigenvalue weighted by molar-refractivity contribution is 5.94. The molecule has 0 bridgehead atoms. The van der Waals surface area contributed by atoms with E-state index in [1.807, 2.05) is 36.4 Å². The lowest BCUT2D eigenvalue weighted by Gasteiger charge is -2.24. The van der Waals surface area contributed by atoms with Crippen molar-refractivity contribution in [1.29, 1.82) is 5.26 Å². The van der Waals surface area contributed by atoms with Gasteiger partial charge in [-0.2, -0.15) is 5.26 Å². The molecule has 116 valence electrons. The van der Waals surface area contributed by atoms with Crippen LogP contribution in [0.25, 0.3) is 0 Å². The van der Waals surface area contributed by atoms with Crippen molar-refractivity contribution in [2.45, 2.75) is 25.8 Å². The maximum atomic E-state index is 12.3. The lowest BCUT2D eigenvalue weighted by atomic mass is 10.1. The number of hydrogen-bond acceptors (Lipinski definition) is 3. The van der Waals surface area contributed by atoms with Crippen molar-refractivity contribution in [3.05, 3.63) is 59.7 Å². The smallest absolute Gasteiger partial charge is 0.243 e. The van der Waals surface area contributed by atoms with E-state index in [4.69, 9.17) is 5.26 Å². The third-order valence-corrected chi connectivity index (χ3v) is 4.18. The Morgan fingerprint density at radius 2 is 2.00 bits per heavy atom. The lowest BCUT2D eigenvalue weighted by molar-refractivity contribution is -0.115. The van der Waals surface area contributed by atoms with E-state index in [0.29, 0.717) is 19.0 Å². The van der Waals surface area contributed by atoms with Gasteiger partial charge in [0.25, 0.3) is 0 Å². The van der Waals surface area contributed by atoms with Crippen LogP contribution in [0.2, 0.25) is 0 Å². The molecule has 0 saturated heterocycles. The fraction of sp³-hybridized carbons (Fsp3) is 0.263. The van der Waals surface area contributed by atoms with Crippen LogP contribution in [0.4, 0.5) is 11.4 Å². The first-order valence-electron chi connectivity index (χ1n) is 7.77.